The number of piperidine rings is 1. The highest BCUT2D eigenvalue weighted by Crippen LogP contribution is 2.22. The van der Waals surface area contributed by atoms with E-state index in [1.165, 1.54) is 5.56 Å². The van der Waals surface area contributed by atoms with Crippen LogP contribution < -0.4 is 10.6 Å². The molecule has 0 bridgehead atoms. The second-order valence-electron chi connectivity index (χ2n) is 6.42. The molecular weight excluding hydrogens is 248 g/mol. The molecule has 0 unspecified atom stereocenters. The molecule has 3 heteroatoms. The number of nitrogens with one attached hydrogen (secondary N) is 2. The standard InChI is InChI=1S/C17H26N2O/c1-17(2,15-6-4-3-5-7-15)13-19-16(20)12-14-8-10-18-11-9-14/h3-7,14,18H,8-13H2,1-2H3,(H,19,20). The van der Waals surface area contributed by atoms with E-state index in [1.54, 1.807) is 0 Å². The summed E-state index contributed by atoms with van der Waals surface area (Å²) in [5.74, 6) is 0.747. The van der Waals surface area contributed by atoms with Crippen LogP contribution in [0, 0.1) is 5.92 Å². The van der Waals surface area contributed by atoms with Crippen molar-refractivity contribution in [3.63, 3.8) is 0 Å². The first-order valence-corrected chi connectivity index (χ1v) is 7.61. The van der Waals surface area contributed by atoms with Crippen LogP contribution in [-0.4, -0.2) is 25.5 Å². The molecule has 3 nitrogen and oxygen atoms in total. The Hall–Kier alpha value is -1.35. The Balaban J connectivity index is 1.80. The number of carbonyl (C=O) groups is 1. The lowest BCUT2D eigenvalue weighted by Crippen LogP contribution is -2.38. The van der Waals surface area contributed by atoms with Crippen molar-refractivity contribution in [2.75, 3.05) is 19.6 Å². The second-order valence-corrected chi connectivity index (χ2v) is 6.42. The fraction of sp³-hybridized carbons (Fsp3) is 0.588. The maximum atomic E-state index is 12.1. The summed E-state index contributed by atoms with van der Waals surface area (Å²) in [6.45, 7) is 7.14. The van der Waals surface area contributed by atoms with Gasteiger partial charge in [0.2, 0.25) is 5.91 Å². The van der Waals surface area contributed by atoms with Crippen molar-refractivity contribution in [2.45, 2.75) is 38.5 Å². The Kier molecular flexibility index (Phi) is 5.18. The van der Waals surface area contributed by atoms with E-state index in [9.17, 15) is 4.79 Å². The highest BCUT2D eigenvalue weighted by molar-refractivity contribution is 5.76. The first kappa shape index (κ1) is 15.0. The van der Waals surface area contributed by atoms with E-state index in [0.717, 1.165) is 25.9 Å². The summed E-state index contributed by atoms with van der Waals surface area (Å²) in [4.78, 5) is 12.1. The van der Waals surface area contributed by atoms with E-state index in [2.05, 4.69) is 36.6 Å². The number of benzene rings is 1. The highest BCUT2D eigenvalue weighted by atomic mass is 16.1. The van der Waals surface area contributed by atoms with Crippen molar-refractivity contribution in [1.82, 2.24) is 10.6 Å². The first-order valence-electron chi connectivity index (χ1n) is 7.61. The quantitative estimate of drug-likeness (QED) is 0.866. The van der Waals surface area contributed by atoms with Gasteiger partial charge in [-0.3, -0.25) is 4.79 Å². The van der Waals surface area contributed by atoms with Crippen LogP contribution in [0.5, 0.6) is 0 Å². The molecule has 0 aliphatic carbocycles. The Morgan fingerprint density at radius 3 is 2.55 bits per heavy atom. The molecule has 2 rings (SSSR count). The van der Waals surface area contributed by atoms with Gasteiger partial charge in [0.25, 0.3) is 0 Å². The van der Waals surface area contributed by atoms with E-state index in [-0.39, 0.29) is 11.3 Å². The average molecular weight is 274 g/mol. The largest absolute Gasteiger partial charge is 0.355 e. The van der Waals surface area contributed by atoms with Crippen LogP contribution in [0.1, 0.15) is 38.7 Å². The molecule has 0 spiro atoms. The summed E-state index contributed by atoms with van der Waals surface area (Å²) >= 11 is 0. The van der Waals surface area contributed by atoms with Gasteiger partial charge in [-0.2, -0.15) is 0 Å². The minimum atomic E-state index is -0.0228. The summed E-state index contributed by atoms with van der Waals surface area (Å²) < 4.78 is 0. The van der Waals surface area contributed by atoms with Crippen molar-refractivity contribution < 1.29 is 4.79 Å². The Morgan fingerprint density at radius 1 is 1.25 bits per heavy atom. The molecule has 1 aliphatic heterocycles. The zero-order valence-electron chi connectivity index (χ0n) is 12.6. The molecule has 1 heterocycles. The fourth-order valence-electron chi connectivity index (χ4n) is 2.73. The van der Waals surface area contributed by atoms with Gasteiger partial charge in [-0.05, 0) is 37.4 Å². The van der Waals surface area contributed by atoms with Crippen LogP contribution >= 0.6 is 0 Å². The monoisotopic (exact) mass is 274 g/mol. The lowest BCUT2D eigenvalue weighted by Gasteiger charge is -2.27. The van der Waals surface area contributed by atoms with Gasteiger partial charge in [0.1, 0.15) is 0 Å². The highest BCUT2D eigenvalue weighted by Gasteiger charge is 2.22. The van der Waals surface area contributed by atoms with Crippen molar-refractivity contribution in [2.24, 2.45) is 5.92 Å². The number of rotatable bonds is 5. The van der Waals surface area contributed by atoms with Gasteiger partial charge >= 0.3 is 0 Å². The molecule has 110 valence electrons. The Labute approximate surface area is 122 Å². The molecule has 0 radical (unpaired) electrons. The van der Waals surface area contributed by atoms with Crippen molar-refractivity contribution in [3.8, 4) is 0 Å². The molecule has 0 aromatic heterocycles. The third kappa shape index (κ3) is 4.34. The molecule has 2 N–H and O–H groups in total. The number of hydrogen-bond donors (Lipinski definition) is 2. The predicted octanol–water partition coefficient (Wildman–Crippen LogP) is 2.47. The molecule has 0 atom stereocenters. The molecule has 0 saturated carbocycles. The molecule has 1 saturated heterocycles. The van der Waals surface area contributed by atoms with Crippen molar-refractivity contribution in [3.05, 3.63) is 35.9 Å². The third-order valence-electron chi connectivity index (χ3n) is 4.22. The minimum absolute atomic E-state index is 0.0228. The number of hydrogen-bond acceptors (Lipinski definition) is 2. The van der Waals surface area contributed by atoms with Gasteiger partial charge in [-0.1, -0.05) is 44.2 Å². The summed E-state index contributed by atoms with van der Waals surface area (Å²) in [5, 5.41) is 6.44. The minimum Gasteiger partial charge on any atom is -0.355 e. The zero-order chi connectivity index (χ0) is 14.4. The summed E-state index contributed by atoms with van der Waals surface area (Å²) in [6.07, 6.45) is 2.91. The van der Waals surface area contributed by atoms with Crippen molar-refractivity contribution >= 4 is 5.91 Å². The normalized spacial score (nSPS) is 16.9. The fourth-order valence-corrected chi connectivity index (χ4v) is 2.73. The van der Waals surface area contributed by atoms with Gasteiger partial charge in [0.05, 0.1) is 0 Å². The van der Waals surface area contributed by atoms with Crippen LogP contribution in [0.4, 0.5) is 0 Å². The lowest BCUT2D eigenvalue weighted by atomic mass is 9.84. The first-order chi connectivity index (χ1) is 9.58. The SMILES string of the molecule is CC(C)(CNC(=O)CC1CCNCC1)c1ccccc1. The van der Waals surface area contributed by atoms with Gasteiger partial charge in [0.15, 0.2) is 0 Å². The van der Waals surface area contributed by atoms with Crippen LogP contribution in [0.15, 0.2) is 30.3 Å². The molecule has 1 fully saturated rings. The molecule has 1 aromatic carbocycles. The third-order valence-corrected chi connectivity index (χ3v) is 4.22. The lowest BCUT2D eigenvalue weighted by molar-refractivity contribution is -0.122. The topological polar surface area (TPSA) is 41.1 Å². The average Bonchev–Trinajstić information content (AvgIpc) is 2.47. The van der Waals surface area contributed by atoms with Gasteiger partial charge < -0.3 is 10.6 Å². The molecule has 1 amide bonds. The number of carbonyl (C=O) groups excluding carboxylic acids is 1. The van der Waals surface area contributed by atoms with Gasteiger partial charge in [0, 0.05) is 18.4 Å². The summed E-state index contributed by atoms with van der Waals surface area (Å²) in [6, 6.07) is 10.4. The van der Waals surface area contributed by atoms with Crippen LogP contribution in [0.25, 0.3) is 0 Å². The number of amides is 1. The second kappa shape index (κ2) is 6.89. The molecule has 20 heavy (non-hydrogen) atoms. The maximum Gasteiger partial charge on any atom is 0.220 e. The van der Waals surface area contributed by atoms with Gasteiger partial charge in [-0.15, -0.1) is 0 Å². The maximum absolute atomic E-state index is 12.1. The van der Waals surface area contributed by atoms with Crippen LogP contribution in [0.2, 0.25) is 0 Å². The summed E-state index contributed by atoms with van der Waals surface area (Å²) in [5.41, 5.74) is 1.24. The summed E-state index contributed by atoms with van der Waals surface area (Å²) in [7, 11) is 0. The van der Waals surface area contributed by atoms with E-state index in [1.807, 2.05) is 18.2 Å². The molecule has 1 aliphatic rings. The van der Waals surface area contributed by atoms with E-state index in [0.29, 0.717) is 18.9 Å². The van der Waals surface area contributed by atoms with Crippen LogP contribution in [0.3, 0.4) is 0 Å². The van der Waals surface area contributed by atoms with Crippen LogP contribution in [-0.2, 0) is 10.2 Å². The zero-order valence-corrected chi connectivity index (χ0v) is 12.6. The van der Waals surface area contributed by atoms with E-state index in [4.69, 9.17) is 0 Å². The smallest absolute Gasteiger partial charge is 0.220 e. The molecular formula is C17H26N2O. The Morgan fingerprint density at radius 2 is 1.90 bits per heavy atom. The van der Waals surface area contributed by atoms with E-state index < -0.39 is 0 Å². The van der Waals surface area contributed by atoms with Gasteiger partial charge in [-0.25, -0.2) is 0 Å². The Bertz CT molecular complexity index is 422. The predicted molar refractivity (Wildman–Crippen MR) is 82.7 cm³/mol. The molecule has 1 aromatic rings. The van der Waals surface area contributed by atoms with Crippen molar-refractivity contribution in [1.29, 1.82) is 0 Å². The van der Waals surface area contributed by atoms with E-state index >= 15 is 0 Å².